The first kappa shape index (κ1) is 14.7. The number of nitrogen functional groups attached to an aromatic ring is 1. The number of nitrogens with zero attached hydrogens (tertiary/aromatic N) is 2. The van der Waals surface area contributed by atoms with Gasteiger partial charge in [-0.25, -0.2) is 22.8 Å². The lowest BCUT2D eigenvalue weighted by Gasteiger charge is -2.09. The van der Waals surface area contributed by atoms with E-state index in [1.54, 1.807) is 0 Å². The Kier molecular flexibility index (Phi) is 3.91. The Morgan fingerprint density at radius 1 is 1.30 bits per heavy atom. The highest BCUT2D eigenvalue weighted by Crippen LogP contribution is 2.22. The number of anilines is 2. The summed E-state index contributed by atoms with van der Waals surface area (Å²) >= 11 is 3.08. The van der Waals surface area contributed by atoms with Gasteiger partial charge in [0.2, 0.25) is 0 Å². The molecule has 2 aromatic rings. The molecule has 0 bridgehead atoms. The van der Waals surface area contributed by atoms with Gasteiger partial charge in [0.25, 0.3) is 10.0 Å². The Balaban J connectivity index is 2.38. The number of hydrogen-bond donors (Lipinski definition) is 2. The van der Waals surface area contributed by atoms with E-state index in [9.17, 15) is 12.8 Å². The van der Waals surface area contributed by atoms with Gasteiger partial charge >= 0.3 is 0 Å². The summed E-state index contributed by atoms with van der Waals surface area (Å²) < 4.78 is 40.4. The molecule has 0 spiro atoms. The number of rotatable bonds is 3. The third-order valence-electron chi connectivity index (χ3n) is 2.53. The zero-order chi connectivity index (χ0) is 14.9. The minimum atomic E-state index is -3.98. The van der Waals surface area contributed by atoms with E-state index in [1.807, 2.05) is 0 Å². The summed E-state index contributed by atoms with van der Waals surface area (Å²) in [7, 11) is -3.98. The number of nitrogens with two attached hydrogens (primary N) is 1. The average Bonchev–Trinajstić information content (AvgIpc) is 2.38. The van der Waals surface area contributed by atoms with Gasteiger partial charge in [-0.15, -0.1) is 0 Å². The second-order valence-corrected chi connectivity index (χ2v) is 6.44. The summed E-state index contributed by atoms with van der Waals surface area (Å²) in [6.45, 7) is 1.47. The van der Waals surface area contributed by atoms with Crippen molar-refractivity contribution in [3.8, 4) is 0 Å². The molecular weight excluding hydrogens is 351 g/mol. The monoisotopic (exact) mass is 360 g/mol. The van der Waals surface area contributed by atoms with Gasteiger partial charge in [-0.05, 0) is 35.0 Å². The van der Waals surface area contributed by atoms with Gasteiger partial charge in [0.15, 0.2) is 5.82 Å². The lowest BCUT2D eigenvalue weighted by Crippen LogP contribution is -2.15. The highest BCUT2D eigenvalue weighted by Gasteiger charge is 2.18. The van der Waals surface area contributed by atoms with E-state index >= 15 is 0 Å². The Hall–Kier alpha value is -1.74. The Bertz CT molecular complexity index is 727. The number of hydrogen-bond acceptors (Lipinski definition) is 5. The first-order valence-corrected chi connectivity index (χ1v) is 7.63. The molecule has 0 aliphatic heterocycles. The van der Waals surface area contributed by atoms with Crippen LogP contribution in [-0.2, 0) is 10.0 Å². The molecule has 0 aliphatic carbocycles. The number of halogens is 2. The van der Waals surface area contributed by atoms with Gasteiger partial charge in [-0.3, -0.25) is 4.72 Å². The molecule has 1 heterocycles. The fourth-order valence-corrected chi connectivity index (χ4v) is 2.64. The van der Waals surface area contributed by atoms with E-state index in [0.717, 1.165) is 6.07 Å². The van der Waals surface area contributed by atoms with Crippen LogP contribution in [0.2, 0.25) is 0 Å². The lowest BCUT2D eigenvalue weighted by atomic mass is 10.2. The van der Waals surface area contributed by atoms with Crippen LogP contribution in [0.5, 0.6) is 0 Å². The number of benzene rings is 1. The molecule has 0 saturated carbocycles. The number of nitrogens with one attached hydrogen (secondary N) is 1. The maximum absolute atomic E-state index is 13.6. The van der Waals surface area contributed by atoms with Crippen molar-refractivity contribution in [2.75, 3.05) is 10.5 Å². The summed E-state index contributed by atoms with van der Waals surface area (Å²) in [6.07, 6.45) is 2.57. The lowest BCUT2D eigenvalue weighted by molar-refractivity contribution is 0.593. The van der Waals surface area contributed by atoms with Crippen LogP contribution in [-0.4, -0.2) is 18.4 Å². The third-order valence-corrected chi connectivity index (χ3v) is 4.27. The predicted molar refractivity (Wildman–Crippen MR) is 76.1 cm³/mol. The second-order valence-electron chi connectivity index (χ2n) is 3.95. The normalized spacial score (nSPS) is 11.3. The summed E-state index contributed by atoms with van der Waals surface area (Å²) in [4.78, 5) is 7.39. The van der Waals surface area contributed by atoms with Crippen molar-refractivity contribution in [3.63, 3.8) is 0 Å². The van der Waals surface area contributed by atoms with Gasteiger partial charge in [-0.2, -0.15) is 0 Å². The molecule has 0 radical (unpaired) electrons. The minimum Gasteiger partial charge on any atom is -0.398 e. The molecule has 0 aliphatic rings. The topological polar surface area (TPSA) is 98.0 Å². The summed E-state index contributed by atoms with van der Waals surface area (Å²) in [5, 5.41) is 0. The Morgan fingerprint density at radius 3 is 2.55 bits per heavy atom. The first-order valence-electron chi connectivity index (χ1n) is 5.35. The highest BCUT2D eigenvalue weighted by atomic mass is 79.9. The van der Waals surface area contributed by atoms with Gasteiger partial charge in [0.05, 0.1) is 17.3 Å². The molecule has 2 rings (SSSR count). The van der Waals surface area contributed by atoms with E-state index < -0.39 is 15.8 Å². The van der Waals surface area contributed by atoms with Crippen molar-refractivity contribution in [2.45, 2.75) is 11.8 Å². The van der Waals surface area contributed by atoms with Crippen molar-refractivity contribution in [2.24, 2.45) is 0 Å². The van der Waals surface area contributed by atoms with Crippen molar-refractivity contribution in [1.29, 1.82) is 0 Å². The molecule has 20 heavy (non-hydrogen) atoms. The van der Waals surface area contributed by atoms with Gasteiger partial charge < -0.3 is 5.73 Å². The van der Waals surface area contributed by atoms with E-state index in [1.165, 1.54) is 25.4 Å². The van der Waals surface area contributed by atoms with Crippen molar-refractivity contribution in [3.05, 3.63) is 40.5 Å². The second kappa shape index (κ2) is 5.33. The molecule has 9 heteroatoms. The molecule has 0 atom stereocenters. The summed E-state index contributed by atoms with van der Waals surface area (Å²) in [5.74, 6) is -0.667. The van der Waals surface area contributed by atoms with Gasteiger partial charge in [0, 0.05) is 11.3 Å². The summed E-state index contributed by atoms with van der Waals surface area (Å²) in [5.41, 5.74) is 5.83. The van der Waals surface area contributed by atoms with Crippen LogP contribution in [0.25, 0.3) is 0 Å². The maximum atomic E-state index is 13.6. The Labute approximate surface area is 123 Å². The van der Waals surface area contributed by atoms with Gasteiger partial charge in [0.1, 0.15) is 10.4 Å². The zero-order valence-corrected chi connectivity index (χ0v) is 12.7. The minimum absolute atomic E-state index is 0.0211. The maximum Gasteiger partial charge on any atom is 0.263 e. The van der Waals surface area contributed by atoms with Crippen LogP contribution < -0.4 is 10.5 Å². The average molecular weight is 361 g/mol. The summed E-state index contributed by atoms with van der Waals surface area (Å²) in [6, 6.07) is 2.09. The zero-order valence-electron chi connectivity index (χ0n) is 10.3. The van der Waals surface area contributed by atoms with Crippen LogP contribution in [0.4, 0.5) is 15.9 Å². The smallest absolute Gasteiger partial charge is 0.263 e. The van der Waals surface area contributed by atoms with Gasteiger partial charge in [-0.1, -0.05) is 0 Å². The van der Waals surface area contributed by atoms with Crippen LogP contribution >= 0.6 is 15.9 Å². The quantitative estimate of drug-likeness (QED) is 0.816. The first-order chi connectivity index (χ1) is 9.29. The molecule has 1 aromatic heterocycles. The van der Waals surface area contributed by atoms with E-state index in [-0.39, 0.29) is 22.0 Å². The molecule has 106 valence electrons. The fourth-order valence-electron chi connectivity index (χ4n) is 1.39. The molecular formula is C11H10BrFN4O2S. The fraction of sp³-hybridized carbons (Fsp3) is 0.0909. The van der Waals surface area contributed by atoms with Crippen molar-refractivity contribution >= 4 is 37.5 Å². The molecule has 0 fully saturated rings. The number of aromatic nitrogens is 2. The highest BCUT2D eigenvalue weighted by molar-refractivity contribution is 9.10. The SMILES string of the molecule is Cc1c(N)cc(S(=O)(=O)Nc2cnc(Br)cn2)cc1F. The van der Waals surface area contributed by atoms with E-state index in [2.05, 4.69) is 30.6 Å². The molecule has 0 amide bonds. The van der Waals surface area contributed by atoms with Crippen LogP contribution in [0, 0.1) is 12.7 Å². The molecule has 3 N–H and O–H groups in total. The van der Waals surface area contributed by atoms with Crippen LogP contribution in [0.15, 0.2) is 34.0 Å². The Morgan fingerprint density at radius 2 is 2.00 bits per heavy atom. The van der Waals surface area contributed by atoms with E-state index in [4.69, 9.17) is 5.73 Å². The molecule has 1 aromatic carbocycles. The molecule has 0 saturated heterocycles. The third kappa shape index (κ3) is 3.05. The van der Waals surface area contributed by atoms with E-state index in [0.29, 0.717) is 4.60 Å². The van der Waals surface area contributed by atoms with Crippen molar-refractivity contribution in [1.82, 2.24) is 9.97 Å². The van der Waals surface area contributed by atoms with Crippen LogP contribution in [0.1, 0.15) is 5.56 Å². The molecule has 6 nitrogen and oxygen atoms in total. The molecule has 0 unspecified atom stereocenters. The standard InChI is InChI=1S/C11H10BrFN4O2S/c1-6-8(13)2-7(3-9(6)14)20(18,19)17-11-5-15-10(12)4-16-11/h2-5H,14H2,1H3,(H,16,17). The van der Waals surface area contributed by atoms with Crippen molar-refractivity contribution < 1.29 is 12.8 Å². The number of sulfonamides is 1. The largest absolute Gasteiger partial charge is 0.398 e. The predicted octanol–water partition coefficient (Wildman–Crippen LogP) is 2.07. The van der Waals surface area contributed by atoms with Crippen LogP contribution in [0.3, 0.4) is 0 Å².